The van der Waals surface area contributed by atoms with Crippen LogP contribution in [0.15, 0.2) is 18.2 Å². The Kier molecular flexibility index (Phi) is 6.97. The maximum Gasteiger partial charge on any atom is 0.238 e. The molecule has 2 heterocycles. The summed E-state index contributed by atoms with van der Waals surface area (Å²) < 4.78 is 10.5. The van der Waals surface area contributed by atoms with E-state index in [1.807, 2.05) is 0 Å². The van der Waals surface area contributed by atoms with Crippen LogP contribution in [-0.4, -0.2) is 74.1 Å². The van der Waals surface area contributed by atoms with Gasteiger partial charge in [-0.1, -0.05) is 6.42 Å². The topological polar surface area (TPSA) is 97.1 Å². The number of nitrogens with one attached hydrogen (secondary N) is 1. The number of ether oxygens (including phenoxy) is 2. The van der Waals surface area contributed by atoms with Crippen molar-refractivity contribution in [3.8, 4) is 11.5 Å². The lowest BCUT2D eigenvalue weighted by Crippen LogP contribution is -2.63. The van der Waals surface area contributed by atoms with Crippen LogP contribution in [-0.2, 0) is 9.59 Å². The van der Waals surface area contributed by atoms with Gasteiger partial charge in [0.2, 0.25) is 11.8 Å². The van der Waals surface area contributed by atoms with Gasteiger partial charge in [-0.05, 0) is 50.9 Å². The summed E-state index contributed by atoms with van der Waals surface area (Å²) in [6.45, 7) is 3.46. The minimum atomic E-state index is -0.566. The van der Waals surface area contributed by atoms with Crippen LogP contribution in [0.4, 0.5) is 5.69 Å². The molecule has 2 amide bonds. The first-order valence-corrected chi connectivity index (χ1v) is 10.3. The fraction of sp³-hybridized carbons (Fsp3) is 0.619. The molecule has 0 aromatic heterocycles. The standard InChI is InChI=1S/C21H32N4O4/c1-28-16-6-7-18(29-2)17(14-16)23-19(26)15-24-12-8-21(9-13-24,20(22)27)25-10-4-3-5-11-25/h6-7,14H,3-5,8-13,15H2,1-2H3,(H2,22,27)(H,23,26). The predicted molar refractivity (Wildman–Crippen MR) is 111 cm³/mol. The quantitative estimate of drug-likeness (QED) is 0.714. The average Bonchev–Trinajstić information content (AvgIpc) is 2.74. The Bertz CT molecular complexity index is 725. The number of likely N-dealkylation sites (tertiary alicyclic amines) is 2. The number of methoxy groups -OCH3 is 2. The summed E-state index contributed by atoms with van der Waals surface area (Å²) in [5.41, 5.74) is 5.85. The van der Waals surface area contributed by atoms with Crippen LogP contribution in [0.25, 0.3) is 0 Å². The predicted octanol–water partition coefficient (Wildman–Crippen LogP) is 1.45. The van der Waals surface area contributed by atoms with Gasteiger partial charge in [0.1, 0.15) is 17.0 Å². The second-order valence-corrected chi connectivity index (χ2v) is 7.83. The number of primary amides is 1. The van der Waals surface area contributed by atoms with Crippen LogP contribution in [0.2, 0.25) is 0 Å². The van der Waals surface area contributed by atoms with Crippen molar-refractivity contribution in [2.45, 2.75) is 37.6 Å². The van der Waals surface area contributed by atoms with Gasteiger partial charge >= 0.3 is 0 Å². The Morgan fingerprint density at radius 2 is 1.76 bits per heavy atom. The number of nitrogens with zero attached hydrogens (tertiary/aromatic N) is 2. The summed E-state index contributed by atoms with van der Waals surface area (Å²) in [5, 5.41) is 2.90. The van der Waals surface area contributed by atoms with Gasteiger partial charge in [-0.2, -0.15) is 0 Å². The molecule has 2 aliphatic heterocycles. The SMILES string of the molecule is COc1ccc(OC)c(NC(=O)CN2CCC(C(N)=O)(N3CCCCC3)CC2)c1. The Balaban J connectivity index is 1.59. The van der Waals surface area contributed by atoms with E-state index in [4.69, 9.17) is 15.2 Å². The smallest absolute Gasteiger partial charge is 0.238 e. The van der Waals surface area contributed by atoms with Gasteiger partial charge in [-0.25, -0.2) is 0 Å². The largest absolute Gasteiger partial charge is 0.497 e. The molecule has 160 valence electrons. The first-order valence-electron chi connectivity index (χ1n) is 10.3. The molecule has 29 heavy (non-hydrogen) atoms. The van der Waals surface area contributed by atoms with Crippen molar-refractivity contribution in [3.63, 3.8) is 0 Å². The van der Waals surface area contributed by atoms with Crippen molar-refractivity contribution in [1.82, 2.24) is 9.80 Å². The van der Waals surface area contributed by atoms with Crippen LogP contribution in [0.1, 0.15) is 32.1 Å². The zero-order valence-corrected chi connectivity index (χ0v) is 17.4. The molecule has 3 rings (SSSR count). The molecule has 1 aromatic rings. The molecule has 1 aromatic carbocycles. The van der Waals surface area contributed by atoms with E-state index in [0.717, 1.165) is 25.9 Å². The summed E-state index contributed by atoms with van der Waals surface area (Å²) in [6, 6.07) is 5.28. The zero-order valence-electron chi connectivity index (χ0n) is 17.4. The number of piperidine rings is 2. The molecule has 8 nitrogen and oxygen atoms in total. The van der Waals surface area contributed by atoms with Gasteiger partial charge in [-0.3, -0.25) is 19.4 Å². The molecule has 0 bridgehead atoms. The highest BCUT2D eigenvalue weighted by atomic mass is 16.5. The van der Waals surface area contributed by atoms with Gasteiger partial charge in [0.05, 0.1) is 26.5 Å². The summed E-state index contributed by atoms with van der Waals surface area (Å²) in [5.74, 6) is 0.869. The minimum absolute atomic E-state index is 0.124. The fourth-order valence-corrected chi connectivity index (χ4v) is 4.43. The summed E-state index contributed by atoms with van der Waals surface area (Å²) in [7, 11) is 3.14. The Labute approximate surface area is 172 Å². The van der Waals surface area contributed by atoms with Gasteiger partial charge in [0.15, 0.2) is 0 Å². The van der Waals surface area contributed by atoms with Crippen LogP contribution in [0, 0.1) is 0 Å². The minimum Gasteiger partial charge on any atom is -0.497 e. The Morgan fingerprint density at radius 3 is 2.34 bits per heavy atom. The Hall–Kier alpha value is -2.32. The third-order valence-corrected chi connectivity index (χ3v) is 6.15. The second kappa shape index (κ2) is 9.45. The van der Waals surface area contributed by atoms with Crippen molar-refractivity contribution in [2.24, 2.45) is 5.73 Å². The molecule has 3 N–H and O–H groups in total. The molecule has 0 unspecified atom stereocenters. The molecule has 0 radical (unpaired) electrons. The molecule has 2 saturated heterocycles. The maximum atomic E-state index is 12.6. The van der Waals surface area contributed by atoms with E-state index in [9.17, 15) is 9.59 Å². The zero-order chi connectivity index (χ0) is 20.9. The lowest BCUT2D eigenvalue weighted by Gasteiger charge is -2.48. The number of amides is 2. The van der Waals surface area contributed by atoms with Gasteiger partial charge in [0, 0.05) is 19.2 Å². The third-order valence-electron chi connectivity index (χ3n) is 6.15. The number of carbonyl (C=O) groups is 2. The summed E-state index contributed by atoms with van der Waals surface area (Å²) >= 11 is 0. The van der Waals surface area contributed by atoms with Crippen molar-refractivity contribution >= 4 is 17.5 Å². The molecule has 0 spiro atoms. The maximum absolute atomic E-state index is 12.6. The Morgan fingerprint density at radius 1 is 1.07 bits per heavy atom. The van der Waals surface area contributed by atoms with Gasteiger partial charge < -0.3 is 20.5 Å². The number of rotatable bonds is 7. The fourth-order valence-electron chi connectivity index (χ4n) is 4.43. The van der Waals surface area contributed by atoms with Crippen molar-refractivity contribution < 1.29 is 19.1 Å². The lowest BCUT2D eigenvalue weighted by molar-refractivity contribution is -0.135. The first kappa shape index (κ1) is 21.4. The van der Waals surface area contributed by atoms with Crippen LogP contribution in [0.5, 0.6) is 11.5 Å². The second-order valence-electron chi connectivity index (χ2n) is 7.83. The van der Waals surface area contributed by atoms with E-state index < -0.39 is 5.54 Å². The molecule has 2 aliphatic rings. The number of benzene rings is 1. The first-order chi connectivity index (χ1) is 14.0. The molecule has 8 heteroatoms. The average molecular weight is 405 g/mol. The van der Waals surface area contributed by atoms with Crippen LogP contribution in [0.3, 0.4) is 0 Å². The van der Waals surface area contributed by atoms with E-state index in [0.29, 0.717) is 43.1 Å². The number of carbonyl (C=O) groups excluding carboxylic acids is 2. The molecular weight excluding hydrogens is 372 g/mol. The van der Waals surface area contributed by atoms with E-state index >= 15 is 0 Å². The summed E-state index contributed by atoms with van der Waals surface area (Å²) in [6.07, 6.45) is 4.77. The lowest BCUT2D eigenvalue weighted by atomic mass is 9.83. The summed E-state index contributed by atoms with van der Waals surface area (Å²) in [4.78, 5) is 29.3. The number of hydrogen-bond donors (Lipinski definition) is 2. The number of hydrogen-bond acceptors (Lipinski definition) is 6. The number of anilines is 1. The molecule has 0 saturated carbocycles. The van der Waals surface area contributed by atoms with E-state index in [-0.39, 0.29) is 18.4 Å². The third kappa shape index (κ3) is 4.82. The van der Waals surface area contributed by atoms with Crippen molar-refractivity contribution in [1.29, 1.82) is 0 Å². The molecular formula is C21H32N4O4. The molecule has 0 atom stereocenters. The highest BCUT2D eigenvalue weighted by Crippen LogP contribution is 2.32. The van der Waals surface area contributed by atoms with Gasteiger partial charge in [0.25, 0.3) is 0 Å². The van der Waals surface area contributed by atoms with E-state index in [1.165, 1.54) is 6.42 Å². The highest BCUT2D eigenvalue weighted by Gasteiger charge is 2.45. The normalized spacial score (nSPS) is 20.1. The monoisotopic (exact) mass is 404 g/mol. The van der Waals surface area contributed by atoms with Crippen molar-refractivity contribution in [3.05, 3.63) is 18.2 Å². The molecule has 2 fully saturated rings. The van der Waals surface area contributed by atoms with Crippen molar-refractivity contribution in [2.75, 3.05) is 52.3 Å². The van der Waals surface area contributed by atoms with E-state index in [1.54, 1.807) is 32.4 Å². The van der Waals surface area contributed by atoms with Crippen LogP contribution >= 0.6 is 0 Å². The van der Waals surface area contributed by atoms with E-state index in [2.05, 4.69) is 15.1 Å². The number of nitrogens with two attached hydrogens (primary N) is 1. The highest BCUT2D eigenvalue weighted by molar-refractivity contribution is 5.94. The van der Waals surface area contributed by atoms with Crippen LogP contribution < -0.4 is 20.5 Å². The van der Waals surface area contributed by atoms with Gasteiger partial charge in [-0.15, -0.1) is 0 Å². The molecule has 0 aliphatic carbocycles.